The van der Waals surface area contributed by atoms with E-state index in [0.29, 0.717) is 0 Å². The van der Waals surface area contributed by atoms with Crippen LogP contribution in [0.5, 0.6) is 0 Å². The Labute approximate surface area is 369 Å². The van der Waals surface area contributed by atoms with E-state index in [1.54, 1.807) is 0 Å². The largest absolute Gasteiger partial charge is 0.456 e. The molecule has 0 fully saturated rings. The third-order valence-electron chi connectivity index (χ3n) is 14.8. The van der Waals surface area contributed by atoms with E-state index in [1.807, 2.05) is 11.3 Å². The second-order valence-corrected chi connectivity index (χ2v) is 19.5. The fraction of sp³-hybridized carbons (Fsp3) is 0.115. The summed E-state index contributed by atoms with van der Waals surface area (Å²) in [5.41, 5.74) is 16.3. The van der Waals surface area contributed by atoms with Crippen molar-refractivity contribution in [3.05, 3.63) is 184 Å². The maximum absolute atomic E-state index is 6.68. The second-order valence-electron chi connectivity index (χ2n) is 18.5. The summed E-state index contributed by atoms with van der Waals surface area (Å²) in [6.07, 6.45) is 13.9. The first-order valence-corrected chi connectivity index (χ1v) is 23.3. The number of furan rings is 1. The van der Waals surface area contributed by atoms with Crippen LogP contribution in [0.2, 0.25) is 0 Å². The lowest BCUT2D eigenvalue weighted by atomic mass is 9.80. The molecule has 0 unspecified atom stereocenters. The number of rotatable bonds is 3. The molecule has 14 rings (SSSR count). The highest BCUT2D eigenvalue weighted by Crippen LogP contribution is 2.51. The van der Waals surface area contributed by atoms with Crippen LogP contribution in [0.4, 0.5) is 0 Å². The zero-order valence-electron chi connectivity index (χ0n) is 35.3. The summed E-state index contributed by atoms with van der Waals surface area (Å²) in [5.74, 6) is 0. The lowest BCUT2D eigenvalue weighted by molar-refractivity contribution is 0.661. The number of hydrogen-bond acceptors (Lipinski definition) is 2. The van der Waals surface area contributed by atoms with Crippen molar-refractivity contribution in [3.63, 3.8) is 0 Å². The van der Waals surface area contributed by atoms with E-state index >= 15 is 0 Å². The van der Waals surface area contributed by atoms with E-state index in [2.05, 4.69) is 184 Å². The minimum Gasteiger partial charge on any atom is -0.456 e. The van der Waals surface area contributed by atoms with Crippen molar-refractivity contribution in [1.82, 2.24) is 0 Å². The minimum atomic E-state index is -0.185. The van der Waals surface area contributed by atoms with Crippen molar-refractivity contribution < 1.29 is 4.42 Å². The molecule has 0 saturated carbocycles. The van der Waals surface area contributed by atoms with Gasteiger partial charge in [-0.2, -0.15) is 0 Å². The number of aryl methyl sites for hydroxylation is 1. The molecule has 2 aromatic heterocycles. The molecule has 1 nitrogen and oxygen atoms in total. The zero-order valence-corrected chi connectivity index (χ0v) is 36.1. The number of benzene rings is 9. The Kier molecular flexibility index (Phi) is 7.35. The lowest BCUT2D eigenvalue weighted by Gasteiger charge is -2.23. The molecular weight excluding hydrogens is 781 g/mol. The van der Waals surface area contributed by atoms with Crippen LogP contribution >= 0.6 is 11.3 Å². The van der Waals surface area contributed by atoms with E-state index in [1.165, 1.54) is 130 Å². The summed E-state index contributed by atoms with van der Waals surface area (Å²) in [4.78, 5) is 1.42. The predicted octanol–water partition coefficient (Wildman–Crippen LogP) is 15.9. The van der Waals surface area contributed by atoms with Crippen molar-refractivity contribution in [2.45, 2.75) is 44.9 Å². The molecule has 2 heterocycles. The van der Waals surface area contributed by atoms with Crippen molar-refractivity contribution in [3.8, 4) is 44.5 Å². The van der Waals surface area contributed by atoms with E-state index in [9.17, 15) is 0 Å². The van der Waals surface area contributed by atoms with Gasteiger partial charge in [-0.3, -0.25) is 0 Å². The number of hydrogen-bond donors (Lipinski definition) is 0. The van der Waals surface area contributed by atoms with Gasteiger partial charge >= 0.3 is 0 Å². The van der Waals surface area contributed by atoms with Crippen molar-refractivity contribution >= 4 is 93.9 Å². The monoisotopic (exact) mass is 822 g/mol. The molecule has 0 spiro atoms. The Morgan fingerprint density at radius 2 is 1.14 bits per heavy atom. The van der Waals surface area contributed by atoms with Gasteiger partial charge in [-0.25, -0.2) is 0 Å². The average molecular weight is 823 g/mol. The van der Waals surface area contributed by atoms with E-state index < -0.39 is 0 Å². The molecule has 0 saturated heterocycles. The summed E-state index contributed by atoms with van der Waals surface area (Å²) in [5, 5.41) is 14.4. The molecular formula is C61H42OS. The average Bonchev–Trinajstić information content (AvgIpc) is 3.97. The quantitative estimate of drug-likeness (QED) is 0.173. The summed E-state index contributed by atoms with van der Waals surface area (Å²) >= 11 is 1.92. The number of allylic oxidation sites excluding steroid dienone is 1. The molecule has 3 aliphatic carbocycles. The molecule has 2 heteroatoms. The van der Waals surface area contributed by atoms with Crippen LogP contribution in [0, 0.1) is 0 Å². The third-order valence-corrected chi connectivity index (χ3v) is 15.9. The van der Waals surface area contributed by atoms with Crippen LogP contribution in [0.1, 0.15) is 54.7 Å². The van der Waals surface area contributed by atoms with Crippen LogP contribution in [0.3, 0.4) is 0 Å². The van der Waals surface area contributed by atoms with Gasteiger partial charge in [0.1, 0.15) is 11.2 Å². The van der Waals surface area contributed by atoms with Gasteiger partial charge in [-0.15, -0.1) is 11.3 Å². The topological polar surface area (TPSA) is 13.1 Å². The van der Waals surface area contributed by atoms with Gasteiger partial charge in [0, 0.05) is 31.2 Å². The van der Waals surface area contributed by atoms with Crippen LogP contribution < -0.4 is 10.4 Å². The van der Waals surface area contributed by atoms with Gasteiger partial charge in [0.2, 0.25) is 0 Å². The Bertz CT molecular complexity index is 3990. The molecule has 3 aliphatic rings. The molecule has 0 radical (unpaired) electrons. The summed E-state index contributed by atoms with van der Waals surface area (Å²) in [6, 6.07) is 55.0. The third kappa shape index (κ3) is 4.99. The standard InChI is InChI=1S/C61H42OS/c1-61(2)51-32-36(37-23-27-49-54(34-37)62-53-30-28-48-47(59(49)53)29-31-56-60(48)50-19-9-10-21-55(50)63-56)22-25-40(51)41-26-24-38(33-52(41)61)57-43-15-5-7-17-45(43)58(46-18-8-6-16-44(46)57)42-20-11-13-35-12-3-4-14-39(35)42/h3-5,7,10-18,20-34H,6,8-9,19H2,1-2H3. The molecule has 63 heavy (non-hydrogen) atoms. The van der Waals surface area contributed by atoms with E-state index in [-0.39, 0.29) is 5.41 Å². The second kappa shape index (κ2) is 13.0. The number of thiophene rings is 1. The summed E-state index contributed by atoms with van der Waals surface area (Å²) < 4.78 is 8.05. The van der Waals surface area contributed by atoms with Crippen molar-refractivity contribution in [2.24, 2.45) is 0 Å². The zero-order chi connectivity index (χ0) is 41.6. The Morgan fingerprint density at radius 3 is 1.98 bits per heavy atom. The van der Waals surface area contributed by atoms with Gasteiger partial charge in [0.05, 0.1) is 0 Å². The molecule has 0 aliphatic heterocycles. The Balaban J connectivity index is 0.880. The molecule has 0 bridgehead atoms. The Morgan fingerprint density at radius 1 is 0.492 bits per heavy atom. The van der Waals surface area contributed by atoms with Crippen molar-refractivity contribution in [1.29, 1.82) is 0 Å². The number of fused-ring (bicyclic) bond motifs is 15. The normalized spacial score (nSPS) is 14.9. The maximum Gasteiger partial charge on any atom is 0.136 e. The molecule has 298 valence electrons. The molecule has 9 aromatic carbocycles. The molecule has 11 aromatic rings. The van der Waals surface area contributed by atoms with Crippen LogP contribution in [0.15, 0.2) is 156 Å². The SMILES string of the molecule is CC1(C)c2cc(-c3ccc4c(c3)oc3ccc5c(ccc6sc7c(c65)CCC=C7)c34)ccc2-c2ccc(-c3c4c(c(-c5cccc6ccccc56)c5ccccc35)=CCCC=4)cc21. The minimum absolute atomic E-state index is 0.185. The van der Waals surface area contributed by atoms with Gasteiger partial charge in [-0.05, 0) is 178 Å². The highest BCUT2D eigenvalue weighted by molar-refractivity contribution is 7.20. The van der Waals surface area contributed by atoms with Crippen LogP contribution in [-0.2, 0) is 11.8 Å². The Hall–Kier alpha value is -7.00. The molecule has 0 amide bonds. The fourth-order valence-corrected chi connectivity index (χ4v) is 13.0. The summed E-state index contributed by atoms with van der Waals surface area (Å²) in [7, 11) is 0. The van der Waals surface area contributed by atoms with Crippen LogP contribution in [-0.4, -0.2) is 0 Å². The summed E-state index contributed by atoms with van der Waals surface area (Å²) in [6.45, 7) is 4.82. The van der Waals surface area contributed by atoms with Gasteiger partial charge in [0.25, 0.3) is 0 Å². The van der Waals surface area contributed by atoms with Gasteiger partial charge in [-0.1, -0.05) is 135 Å². The van der Waals surface area contributed by atoms with Crippen LogP contribution in [0.25, 0.3) is 127 Å². The highest BCUT2D eigenvalue weighted by Gasteiger charge is 2.36. The first kappa shape index (κ1) is 35.6. The highest BCUT2D eigenvalue weighted by atomic mass is 32.1. The molecule has 0 atom stereocenters. The van der Waals surface area contributed by atoms with Gasteiger partial charge in [0.15, 0.2) is 0 Å². The fourth-order valence-electron chi connectivity index (χ4n) is 11.8. The predicted molar refractivity (Wildman–Crippen MR) is 270 cm³/mol. The van der Waals surface area contributed by atoms with Crippen molar-refractivity contribution in [2.75, 3.05) is 0 Å². The first-order chi connectivity index (χ1) is 31.0. The lowest BCUT2D eigenvalue weighted by Crippen LogP contribution is -2.31. The first-order valence-electron chi connectivity index (χ1n) is 22.5. The smallest absolute Gasteiger partial charge is 0.136 e. The maximum atomic E-state index is 6.68. The van der Waals surface area contributed by atoms with Gasteiger partial charge < -0.3 is 4.42 Å². The van der Waals surface area contributed by atoms with E-state index in [0.717, 1.165) is 36.8 Å². The molecule has 0 N–H and O–H groups in total. The van der Waals surface area contributed by atoms with E-state index in [4.69, 9.17) is 4.42 Å².